The highest BCUT2D eigenvalue weighted by Crippen LogP contribution is 2.05. The summed E-state index contributed by atoms with van der Waals surface area (Å²) in [5.74, 6) is -0.152. The molecule has 0 bridgehead atoms. The van der Waals surface area contributed by atoms with Gasteiger partial charge in [-0.2, -0.15) is 0 Å². The second kappa shape index (κ2) is 46.5. The molecule has 17 heteroatoms. The Morgan fingerprint density at radius 3 is 1.12 bits per heavy atom. The predicted octanol–water partition coefficient (Wildman–Crippen LogP) is 4.02. The number of carbonyl (C=O) groups is 2. The van der Waals surface area contributed by atoms with Gasteiger partial charge < -0.3 is 71.6 Å². The SMILES string of the molecule is CCCCCCCC(=O)OCCOCCOCCOCCOCCOCCOCCOCCOCCOCCOCCOCCOCCNC(=O)OCc1ccccc1. The molecule has 0 aromatic heterocycles. The van der Waals surface area contributed by atoms with Gasteiger partial charge in [0.05, 0.1) is 159 Å². The van der Waals surface area contributed by atoms with Crippen LogP contribution in [-0.4, -0.2) is 184 Å². The van der Waals surface area contributed by atoms with E-state index in [0.717, 1.165) is 18.4 Å². The van der Waals surface area contributed by atoms with E-state index in [9.17, 15) is 9.59 Å². The molecule has 0 aliphatic rings. The third-order valence-electron chi connectivity index (χ3n) is 7.80. The minimum Gasteiger partial charge on any atom is -0.463 e. The van der Waals surface area contributed by atoms with E-state index in [2.05, 4.69) is 12.2 Å². The number of alkyl carbamates (subject to hydrolysis) is 1. The van der Waals surface area contributed by atoms with E-state index in [1.807, 2.05) is 30.3 Å². The van der Waals surface area contributed by atoms with Crippen LogP contribution in [0.3, 0.4) is 0 Å². The fourth-order valence-corrected chi connectivity index (χ4v) is 4.68. The number of hydrogen-bond donors (Lipinski definition) is 1. The maximum atomic E-state index is 11.7. The molecular formula is C42H75NO16. The van der Waals surface area contributed by atoms with Crippen molar-refractivity contribution in [3.05, 3.63) is 35.9 Å². The lowest BCUT2D eigenvalue weighted by atomic mass is 10.1. The maximum absolute atomic E-state index is 11.7. The van der Waals surface area contributed by atoms with Crippen molar-refractivity contribution in [2.24, 2.45) is 0 Å². The zero-order valence-corrected chi connectivity index (χ0v) is 35.8. The third kappa shape index (κ3) is 43.4. The molecule has 0 spiro atoms. The van der Waals surface area contributed by atoms with Crippen molar-refractivity contribution in [2.45, 2.75) is 52.1 Å². The number of carbonyl (C=O) groups excluding carboxylic acids is 2. The Morgan fingerprint density at radius 1 is 0.407 bits per heavy atom. The second-order valence-electron chi connectivity index (χ2n) is 12.7. The molecule has 344 valence electrons. The number of amides is 1. The number of unbranched alkanes of at least 4 members (excludes halogenated alkanes) is 4. The fraction of sp³-hybridized carbons (Fsp3) is 0.810. The molecule has 0 saturated heterocycles. The van der Waals surface area contributed by atoms with Crippen molar-refractivity contribution in [1.82, 2.24) is 5.32 Å². The normalized spacial score (nSPS) is 11.3. The summed E-state index contributed by atoms with van der Waals surface area (Å²) in [5.41, 5.74) is 0.934. The predicted molar refractivity (Wildman–Crippen MR) is 219 cm³/mol. The first-order chi connectivity index (χ1) is 29.2. The van der Waals surface area contributed by atoms with Gasteiger partial charge in [0, 0.05) is 13.0 Å². The topological polar surface area (TPSA) is 175 Å². The van der Waals surface area contributed by atoms with Gasteiger partial charge in [-0.3, -0.25) is 4.79 Å². The van der Waals surface area contributed by atoms with E-state index in [4.69, 9.17) is 66.3 Å². The van der Waals surface area contributed by atoms with Gasteiger partial charge in [-0.1, -0.05) is 62.9 Å². The minimum atomic E-state index is -0.473. The smallest absolute Gasteiger partial charge is 0.407 e. The van der Waals surface area contributed by atoms with Gasteiger partial charge in [-0.05, 0) is 12.0 Å². The van der Waals surface area contributed by atoms with Crippen molar-refractivity contribution >= 4 is 12.1 Å². The van der Waals surface area contributed by atoms with Crippen molar-refractivity contribution in [1.29, 1.82) is 0 Å². The standard InChI is InChI=1S/C42H75NO16/c1-2-3-4-5-9-12-41(44)58-38-37-57-36-35-56-34-33-55-32-31-54-30-29-53-28-27-52-26-25-51-24-23-50-22-21-49-20-19-48-18-17-47-16-15-46-14-13-43-42(45)59-39-40-10-7-6-8-11-40/h6-8,10-11H,2-5,9,12-39H2,1H3,(H,43,45). The summed E-state index contributed by atoms with van der Waals surface area (Å²) in [5, 5.41) is 2.64. The lowest BCUT2D eigenvalue weighted by molar-refractivity contribution is -0.145. The third-order valence-corrected chi connectivity index (χ3v) is 7.80. The van der Waals surface area contributed by atoms with Crippen LogP contribution in [0.5, 0.6) is 0 Å². The van der Waals surface area contributed by atoms with E-state index in [1.54, 1.807) is 0 Å². The molecule has 0 radical (unpaired) electrons. The molecule has 0 atom stereocenters. The van der Waals surface area contributed by atoms with Gasteiger partial charge in [0.15, 0.2) is 0 Å². The van der Waals surface area contributed by atoms with E-state index in [-0.39, 0.29) is 19.2 Å². The molecule has 17 nitrogen and oxygen atoms in total. The van der Waals surface area contributed by atoms with Gasteiger partial charge in [0.25, 0.3) is 0 Å². The van der Waals surface area contributed by atoms with Crippen LogP contribution >= 0.6 is 0 Å². The summed E-state index contributed by atoms with van der Waals surface area (Å²) in [6, 6.07) is 9.50. The molecule has 1 amide bonds. The highest BCUT2D eigenvalue weighted by atomic mass is 16.6. The molecule has 0 aliphatic carbocycles. The summed E-state index contributed by atoms with van der Waals surface area (Å²) < 4.78 is 76.0. The zero-order valence-electron chi connectivity index (χ0n) is 35.8. The molecule has 0 saturated carbocycles. The Kier molecular flexibility index (Phi) is 43.0. The molecular weight excluding hydrogens is 774 g/mol. The van der Waals surface area contributed by atoms with Gasteiger partial charge in [0.1, 0.15) is 13.2 Å². The lowest BCUT2D eigenvalue weighted by Crippen LogP contribution is -2.28. The number of esters is 1. The lowest BCUT2D eigenvalue weighted by Gasteiger charge is -2.09. The van der Waals surface area contributed by atoms with Crippen LogP contribution in [-0.2, 0) is 77.7 Å². The van der Waals surface area contributed by atoms with Gasteiger partial charge >= 0.3 is 12.1 Å². The van der Waals surface area contributed by atoms with Crippen LogP contribution in [0, 0.1) is 0 Å². The molecule has 0 aliphatic heterocycles. The largest absolute Gasteiger partial charge is 0.463 e. The summed E-state index contributed by atoms with van der Waals surface area (Å²) in [6.45, 7) is 14.2. The molecule has 0 fully saturated rings. The fourth-order valence-electron chi connectivity index (χ4n) is 4.68. The molecule has 0 unspecified atom stereocenters. The summed E-state index contributed by atoms with van der Waals surface area (Å²) in [6.07, 6.45) is 5.57. The van der Waals surface area contributed by atoms with Crippen molar-refractivity contribution in [3.63, 3.8) is 0 Å². The first-order valence-electron chi connectivity index (χ1n) is 21.3. The van der Waals surface area contributed by atoms with Crippen LogP contribution in [0.15, 0.2) is 30.3 Å². The number of nitrogens with one attached hydrogen (secondary N) is 1. The van der Waals surface area contributed by atoms with E-state index in [0.29, 0.717) is 172 Å². The Hall–Kier alpha value is -2.52. The van der Waals surface area contributed by atoms with E-state index < -0.39 is 6.09 Å². The van der Waals surface area contributed by atoms with Gasteiger partial charge in [-0.25, -0.2) is 4.79 Å². The second-order valence-corrected chi connectivity index (χ2v) is 12.7. The van der Waals surface area contributed by atoms with Crippen LogP contribution in [0.4, 0.5) is 4.79 Å². The van der Waals surface area contributed by atoms with Crippen LogP contribution in [0.2, 0.25) is 0 Å². The number of rotatable bonds is 47. The first kappa shape index (κ1) is 54.5. The maximum Gasteiger partial charge on any atom is 0.407 e. The van der Waals surface area contributed by atoms with Gasteiger partial charge in [-0.15, -0.1) is 0 Å². The molecule has 1 N–H and O–H groups in total. The Morgan fingerprint density at radius 2 is 0.746 bits per heavy atom. The van der Waals surface area contributed by atoms with Crippen molar-refractivity contribution in [3.8, 4) is 0 Å². The first-order valence-corrected chi connectivity index (χ1v) is 21.3. The van der Waals surface area contributed by atoms with Crippen molar-refractivity contribution < 1.29 is 75.9 Å². The average Bonchev–Trinajstić information content (AvgIpc) is 3.25. The zero-order chi connectivity index (χ0) is 42.2. The molecule has 59 heavy (non-hydrogen) atoms. The molecule has 1 rings (SSSR count). The number of ether oxygens (including phenoxy) is 14. The van der Waals surface area contributed by atoms with E-state index in [1.165, 1.54) is 19.3 Å². The minimum absolute atomic E-state index is 0.152. The Balaban J connectivity index is 1.63. The summed E-state index contributed by atoms with van der Waals surface area (Å²) in [4.78, 5) is 23.3. The van der Waals surface area contributed by atoms with Crippen LogP contribution in [0.25, 0.3) is 0 Å². The summed E-state index contributed by atoms with van der Waals surface area (Å²) in [7, 11) is 0. The number of benzene rings is 1. The average molecular weight is 850 g/mol. The highest BCUT2D eigenvalue weighted by Gasteiger charge is 2.04. The van der Waals surface area contributed by atoms with E-state index >= 15 is 0 Å². The monoisotopic (exact) mass is 850 g/mol. The highest BCUT2D eigenvalue weighted by molar-refractivity contribution is 5.69. The molecule has 0 heterocycles. The summed E-state index contributed by atoms with van der Waals surface area (Å²) >= 11 is 0. The van der Waals surface area contributed by atoms with Crippen LogP contribution < -0.4 is 5.32 Å². The number of hydrogen-bond acceptors (Lipinski definition) is 16. The Labute approximate surface area is 352 Å². The molecule has 1 aromatic rings. The van der Waals surface area contributed by atoms with Crippen LogP contribution in [0.1, 0.15) is 51.0 Å². The van der Waals surface area contributed by atoms with Gasteiger partial charge in [0.2, 0.25) is 0 Å². The molecule has 1 aromatic carbocycles. The van der Waals surface area contributed by atoms with Crippen molar-refractivity contribution in [2.75, 3.05) is 172 Å². The quantitative estimate of drug-likeness (QED) is 0.0735. The Bertz CT molecular complexity index is 1010.